The molecule has 0 amide bonds. The molecule has 0 aliphatic rings. The van der Waals surface area contributed by atoms with Gasteiger partial charge in [0.05, 0.1) is 76.1 Å². The molecule has 202 valence electrons. The number of nitrogens with one attached hydrogen (secondary N) is 2. The van der Waals surface area contributed by atoms with Crippen LogP contribution in [0.25, 0.3) is 21.8 Å². The second kappa shape index (κ2) is 10.9. The Labute approximate surface area is 222 Å². The minimum atomic E-state index is -0.313. The molecule has 2 N–H and O–H groups in total. The minimum absolute atomic E-state index is 0.230. The summed E-state index contributed by atoms with van der Waals surface area (Å²) in [5, 5.41) is 0.748. The SMILES string of the molecule is COc1cc2nc(CN(Cc3nc4cc(OC)c(OC)cc4c(=O)[nH]3)Cc3ccco3)[nH]c(=O)c2cc1OC. The van der Waals surface area contributed by atoms with E-state index >= 15 is 0 Å². The van der Waals surface area contributed by atoms with Crippen LogP contribution >= 0.6 is 0 Å². The van der Waals surface area contributed by atoms with Gasteiger partial charge in [-0.05, 0) is 24.3 Å². The summed E-state index contributed by atoms with van der Waals surface area (Å²) in [6.07, 6.45) is 1.58. The third-order valence-corrected chi connectivity index (χ3v) is 6.23. The van der Waals surface area contributed by atoms with Crippen molar-refractivity contribution >= 4 is 21.8 Å². The second-order valence-electron chi connectivity index (χ2n) is 8.70. The average molecular weight is 534 g/mol. The third kappa shape index (κ3) is 5.27. The molecule has 39 heavy (non-hydrogen) atoms. The van der Waals surface area contributed by atoms with Crippen LogP contribution in [0, 0.1) is 0 Å². The molecule has 0 fully saturated rings. The van der Waals surface area contributed by atoms with Crippen LogP contribution in [0.1, 0.15) is 17.4 Å². The fourth-order valence-corrected chi connectivity index (χ4v) is 4.39. The predicted molar refractivity (Wildman–Crippen MR) is 143 cm³/mol. The molecule has 3 heterocycles. The van der Waals surface area contributed by atoms with Crippen LogP contribution in [0.4, 0.5) is 0 Å². The van der Waals surface area contributed by atoms with E-state index in [0.29, 0.717) is 68.8 Å². The van der Waals surface area contributed by atoms with Crippen LogP contribution in [0.3, 0.4) is 0 Å². The average Bonchev–Trinajstić information content (AvgIpc) is 3.44. The van der Waals surface area contributed by atoms with Crippen LogP contribution in [-0.2, 0) is 19.6 Å². The zero-order valence-corrected chi connectivity index (χ0v) is 21.9. The summed E-state index contributed by atoms with van der Waals surface area (Å²) >= 11 is 0. The quantitative estimate of drug-likeness (QED) is 0.275. The predicted octanol–water partition coefficient (Wildman–Crippen LogP) is 2.99. The number of nitrogens with zero attached hydrogens (tertiary/aromatic N) is 3. The Morgan fingerprint density at radius 2 is 1.18 bits per heavy atom. The molecule has 0 aliphatic heterocycles. The highest BCUT2D eigenvalue weighted by Gasteiger charge is 2.17. The van der Waals surface area contributed by atoms with Crippen molar-refractivity contribution < 1.29 is 23.4 Å². The highest BCUT2D eigenvalue weighted by molar-refractivity contribution is 5.82. The van der Waals surface area contributed by atoms with Crippen LogP contribution in [0.2, 0.25) is 0 Å². The number of furan rings is 1. The highest BCUT2D eigenvalue weighted by Crippen LogP contribution is 2.31. The zero-order valence-electron chi connectivity index (χ0n) is 21.9. The maximum absolute atomic E-state index is 12.9. The minimum Gasteiger partial charge on any atom is -0.493 e. The molecule has 0 aliphatic carbocycles. The number of benzene rings is 2. The van der Waals surface area contributed by atoms with Crippen LogP contribution in [0.15, 0.2) is 56.7 Å². The molecule has 0 unspecified atom stereocenters. The molecule has 0 atom stereocenters. The number of hydrogen-bond acceptors (Lipinski definition) is 10. The maximum atomic E-state index is 12.9. The molecule has 0 saturated carbocycles. The van der Waals surface area contributed by atoms with E-state index in [1.807, 2.05) is 11.0 Å². The van der Waals surface area contributed by atoms with E-state index in [9.17, 15) is 9.59 Å². The molecule has 5 rings (SSSR count). The molecule has 5 aromatic rings. The molecule has 0 radical (unpaired) electrons. The monoisotopic (exact) mass is 533 g/mol. The normalized spacial score (nSPS) is 11.3. The van der Waals surface area contributed by atoms with E-state index in [0.717, 1.165) is 0 Å². The van der Waals surface area contributed by atoms with Gasteiger partial charge >= 0.3 is 0 Å². The first-order chi connectivity index (χ1) is 18.9. The first kappa shape index (κ1) is 25.8. The molecule has 0 bridgehead atoms. The number of rotatable bonds is 10. The fourth-order valence-electron chi connectivity index (χ4n) is 4.39. The Balaban J connectivity index is 1.51. The zero-order chi connectivity index (χ0) is 27.5. The lowest BCUT2D eigenvalue weighted by atomic mass is 10.2. The third-order valence-electron chi connectivity index (χ3n) is 6.23. The van der Waals surface area contributed by atoms with Gasteiger partial charge in [-0.15, -0.1) is 0 Å². The van der Waals surface area contributed by atoms with Gasteiger partial charge in [0.15, 0.2) is 23.0 Å². The van der Waals surface area contributed by atoms with E-state index in [2.05, 4.69) is 19.9 Å². The lowest BCUT2D eigenvalue weighted by Gasteiger charge is -2.20. The Bertz CT molecular complexity index is 1630. The standard InChI is InChI=1S/C27H27N5O7/c1-35-20-8-16-18(10-22(20)37-3)28-24(30-26(16)33)13-32(12-15-6-5-7-39-15)14-25-29-19-11-23(38-4)21(36-2)9-17(19)27(34)31-25/h5-11H,12-14H2,1-4H3,(H,28,30,33)(H,29,31,34). The largest absolute Gasteiger partial charge is 0.493 e. The number of H-pyrrole nitrogens is 2. The maximum Gasteiger partial charge on any atom is 0.258 e. The van der Waals surface area contributed by atoms with Gasteiger partial charge in [-0.25, -0.2) is 9.97 Å². The highest BCUT2D eigenvalue weighted by atomic mass is 16.5. The van der Waals surface area contributed by atoms with Gasteiger partial charge in [-0.1, -0.05) is 0 Å². The van der Waals surface area contributed by atoms with Gasteiger partial charge < -0.3 is 33.3 Å². The van der Waals surface area contributed by atoms with E-state index in [1.165, 1.54) is 28.4 Å². The Kier molecular flexibility index (Phi) is 7.19. The molecular formula is C27H27N5O7. The number of ether oxygens (including phenoxy) is 4. The van der Waals surface area contributed by atoms with E-state index < -0.39 is 0 Å². The van der Waals surface area contributed by atoms with Gasteiger partial charge in [0, 0.05) is 12.1 Å². The lowest BCUT2D eigenvalue weighted by Crippen LogP contribution is -2.27. The number of aromatic amines is 2. The van der Waals surface area contributed by atoms with E-state index in [-0.39, 0.29) is 24.2 Å². The molecule has 12 nitrogen and oxygen atoms in total. The number of aromatic nitrogens is 4. The summed E-state index contributed by atoms with van der Waals surface area (Å²) in [6, 6.07) is 10.1. The number of methoxy groups -OCH3 is 4. The van der Waals surface area contributed by atoms with Crippen molar-refractivity contribution in [1.29, 1.82) is 0 Å². The van der Waals surface area contributed by atoms with Crippen molar-refractivity contribution in [3.8, 4) is 23.0 Å². The van der Waals surface area contributed by atoms with Gasteiger partial charge in [-0.3, -0.25) is 14.5 Å². The summed E-state index contributed by atoms with van der Waals surface area (Å²) < 4.78 is 26.9. The van der Waals surface area contributed by atoms with Gasteiger partial charge in [0.1, 0.15) is 17.4 Å². The van der Waals surface area contributed by atoms with Crippen molar-refractivity contribution in [2.24, 2.45) is 0 Å². The molecular weight excluding hydrogens is 506 g/mol. The van der Waals surface area contributed by atoms with E-state index in [1.54, 1.807) is 36.6 Å². The van der Waals surface area contributed by atoms with Crippen LogP contribution in [-0.4, -0.2) is 53.3 Å². The molecule has 3 aromatic heterocycles. The molecule has 12 heteroatoms. The molecule has 0 saturated heterocycles. The Morgan fingerprint density at radius 1 is 0.718 bits per heavy atom. The molecule has 0 spiro atoms. The first-order valence-electron chi connectivity index (χ1n) is 12.0. The smallest absolute Gasteiger partial charge is 0.258 e. The van der Waals surface area contributed by atoms with Crippen molar-refractivity contribution in [3.63, 3.8) is 0 Å². The number of fused-ring (bicyclic) bond motifs is 2. The van der Waals surface area contributed by atoms with Crippen LogP contribution in [0.5, 0.6) is 23.0 Å². The van der Waals surface area contributed by atoms with Crippen molar-refractivity contribution in [3.05, 3.63) is 80.8 Å². The Morgan fingerprint density at radius 3 is 1.59 bits per heavy atom. The van der Waals surface area contributed by atoms with Crippen molar-refractivity contribution in [2.75, 3.05) is 28.4 Å². The van der Waals surface area contributed by atoms with E-state index in [4.69, 9.17) is 23.4 Å². The first-order valence-corrected chi connectivity index (χ1v) is 12.0. The Hall–Kier alpha value is -4.84. The van der Waals surface area contributed by atoms with Crippen LogP contribution < -0.4 is 30.1 Å². The van der Waals surface area contributed by atoms with Gasteiger partial charge in [0.25, 0.3) is 11.1 Å². The van der Waals surface area contributed by atoms with Gasteiger partial charge in [-0.2, -0.15) is 0 Å². The summed E-state index contributed by atoms with van der Waals surface area (Å²) in [5.74, 6) is 3.33. The summed E-state index contributed by atoms with van der Waals surface area (Å²) in [5.41, 5.74) is 0.296. The second-order valence-corrected chi connectivity index (χ2v) is 8.70. The number of hydrogen-bond donors (Lipinski definition) is 2. The summed E-state index contributed by atoms with van der Waals surface area (Å²) in [6.45, 7) is 0.830. The van der Waals surface area contributed by atoms with Crippen molar-refractivity contribution in [1.82, 2.24) is 24.8 Å². The fraction of sp³-hybridized carbons (Fsp3) is 0.259. The van der Waals surface area contributed by atoms with Gasteiger partial charge in [0.2, 0.25) is 0 Å². The topological polar surface area (TPSA) is 145 Å². The van der Waals surface area contributed by atoms with Crippen molar-refractivity contribution in [2.45, 2.75) is 19.6 Å². The summed E-state index contributed by atoms with van der Waals surface area (Å²) in [4.78, 5) is 42.8. The summed E-state index contributed by atoms with van der Waals surface area (Å²) in [7, 11) is 6.05. The molecule has 2 aromatic carbocycles. The lowest BCUT2D eigenvalue weighted by molar-refractivity contribution is 0.216.